The van der Waals surface area contributed by atoms with Crippen LogP contribution in [-0.2, 0) is 32.6 Å². The van der Waals surface area contributed by atoms with Crippen LogP contribution < -0.4 is 22.7 Å². The van der Waals surface area contributed by atoms with Gasteiger partial charge in [-0.05, 0) is 24.3 Å². The highest BCUT2D eigenvalue weighted by Crippen LogP contribution is 2.49. The van der Waals surface area contributed by atoms with Crippen LogP contribution in [0.25, 0.3) is 11.2 Å². The van der Waals surface area contributed by atoms with E-state index in [0.29, 0.717) is 0 Å². The number of hydrogen-bond acceptors (Lipinski definition) is 17. The summed E-state index contributed by atoms with van der Waals surface area (Å²) >= 11 is 0. The number of nitrogens with zero attached hydrogens (tertiary/aromatic N) is 6. The average Bonchev–Trinajstić information content (AvgIpc) is 3.87. The van der Waals surface area contributed by atoms with Crippen LogP contribution in [0.2, 0.25) is 0 Å². The second-order valence-corrected chi connectivity index (χ2v) is 13.5. The first-order chi connectivity index (χ1) is 25.9. The largest absolute Gasteiger partial charge is 0.472 e. The fourth-order valence-electron chi connectivity index (χ4n) is 5.95. The lowest BCUT2D eigenvalue weighted by atomic mass is 10.1. The van der Waals surface area contributed by atoms with Crippen molar-refractivity contribution in [1.29, 1.82) is 0 Å². The van der Waals surface area contributed by atoms with Crippen LogP contribution in [0.5, 0.6) is 0 Å². The number of phosphoric ester groups is 1. The Morgan fingerprint density at radius 2 is 1.46 bits per heavy atom. The lowest BCUT2D eigenvalue weighted by molar-refractivity contribution is -0.0621. The number of carbonyl (C=O) groups is 2. The fourth-order valence-corrected chi connectivity index (χ4v) is 6.91. The van der Waals surface area contributed by atoms with Crippen molar-refractivity contribution < 1.29 is 47.0 Å². The summed E-state index contributed by atoms with van der Waals surface area (Å²) in [5.74, 6) is -1.85. The summed E-state index contributed by atoms with van der Waals surface area (Å²) in [5, 5.41) is 0. The first kappa shape index (κ1) is 36.5. The Labute approximate surface area is 303 Å². The molecule has 7 rings (SSSR count). The highest BCUT2D eigenvalue weighted by Gasteiger charge is 2.45. The number of carbonyl (C=O) groups excluding carboxylic acids is 2. The Kier molecular flexibility index (Phi) is 10.3. The molecule has 0 bridgehead atoms. The maximum absolute atomic E-state index is 13.5. The van der Waals surface area contributed by atoms with Crippen molar-refractivity contribution in [3.8, 4) is 0 Å². The van der Waals surface area contributed by atoms with E-state index in [0.717, 1.165) is 10.9 Å². The number of hydrogen-bond donors (Lipinski definition) is 4. The van der Waals surface area contributed by atoms with Crippen molar-refractivity contribution in [2.24, 2.45) is 0 Å². The lowest BCUT2D eigenvalue weighted by Gasteiger charge is -2.23. The smallest absolute Gasteiger partial charge is 0.459 e. The van der Waals surface area contributed by atoms with E-state index in [-0.39, 0.29) is 47.0 Å². The van der Waals surface area contributed by atoms with Crippen LogP contribution in [-0.4, -0.2) is 88.5 Å². The van der Waals surface area contributed by atoms with Crippen LogP contribution in [0.15, 0.2) is 82.9 Å². The van der Waals surface area contributed by atoms with Crippen LogP contribution in [0.3, 0.4) is 0 Å². The first-order valence-electron chi connectivity index (χ1n) is 16.3. The van der Waals surface area contributed by atoms with Crippen molar-refractivity contribution in [2.75, 3.05) is 24.7 Å². The summed E-state index contributed by atoms with van der Waals surface area (Å²) in [4.78, 5) is 79.6. The van der Waals surface area contributed by atoms with Gasteiger partial charge in [0.2, 0.25) is 11.9 Å². The number of rotatable bonds is 12. The molecule has 0 radical (unpaired) electrons. The van der Waals surface area contributed by atoms with Gasteiger partial charge in [0.05, 0.1) is 24.1 Å². The van der Waals surface area contributed by atoms with Gasteiger partial charge in [-0.15, -0.1) is 0 Å². The standard InChI is InChI=1S/C32H32N9O12P/c33-30-36-16-41(32(45)39-30)24-11-19(52-29(44)18-9-5-2-6-10-18)22(51-24)14-49-54(46,47)53-20-12-23(40-15-35-25-26(40)37-31(34)38-27(25)42)50-21(20)13-48-28(43)17-7-3-1-4-8-17/h1-10,15-16,19-24H,11-14H2,(H,46,47)(H2,33,39,45)(H3,34,37,38,42)/t19-,20-,21-,22-,23-,24-/m1/s1. The fraction of sp³-hybridized carbons (Fsp3) is 0.312. The van der Waals surface area contributed by atoms with Crippen molar-refractivity contribution in [3.63, 3.8) is 0 Å². The molecular formula is C32H32N9O12P. The zero-order valence-electron chi connectivity index (χ0n) is 27.9. The van der Waals surface area contributed by atoms with Crippen LogP contribution in [0.4, 0.5) is 11.9 Å². The normalized spacial score (nSPS) is 23.6. The van der Waals surface area contributed by atoms with Crippen molar-refractivity contribution in [2.45, 2.75) is 49.7 Å². The minimum atomic E-state index is -5.00. The molecule has 7 atom stereocenters. The molecule has 0 saturated carbocycles. The third-order valence-electron chi connectivity index (χ3n) is 8.50. The number of esters is 2. The summed E-state index contributed by atoms with van der Waals surface area (Å²) in [6.07, 6.45) is -4.48. The molecule has 22 heteroatoms. The van der Waals surface area contributed by atoms with Gasteiger partial charge in [0.25, 0.3) is 5.56 Å². The van der Waals surface area contributed by atoms with E-state index < -0.39 is 81.1 Å². The van der Waals surface area contributed by atoms with Gasteiger partial charge < -0.3 is 35.3 Å². The Bertz CT molecular complexity index is 2320. The number of benzene rings is 2. The van der Waals surface area contributed by atoms with Crippen molar-refractivity contribution in [1.82, 2.24) is 34.1 Å². The number of nitrogens with one attached hydrogen (secondary N) is 1. The van der Waals surface area contributed by atoms with E-state index in [1.165, 1.54) is 23.0 Å². The minimum absolute atomic E-state index is 0.0365. The van der Waals surface area contributed by atoms with E-state index in [1.54, 1.807) is 48.5 Å². The van der Waals surface area contributed by atoms with E-state index in [2.05, 4.69) is 24.9 Å². The summed E-state index contributed by atoms with van der Waals surface area (Å²) < 4.78 is 50.1. The summed E-state index contributed by atoms with van der Waals surface area (Å²) in [6.45, 7) is -1.06. The molecule has 54 heavy (non-hydrogen) atoms. The number of nitrogens with two attached hydrogens (primary N) is 2. The Hall–Kier alpha value is -5.83. The molecule has 2 saturated heterocycles. The Morgan fingerprint density at radius 1 is 0.852 bits per heavy atom. The predicted molar refractivity (Wildman–Crippen MR) is 183 cm³/mol. The predicted octanol–water partition coefficient (Wildman–Crippen LogP) is 1.10. The molecule has 5 aromatic rings. The molecule has 2 aliphatic heterocycles. The summed E-state index contributed by atoms with van der Waals surface area (Å²) in [5.41, 5.74) is 10.4. The first-order valence-corrected chi connectivity index (χ1v) is 17.8. The SMILES string of the molecule is Nc1ncn([C@H]2C[C@@H](OC(=O)c3ccccc3)[C@@H](COP(=O)(O)O[C@@H]3C[C@H](n4cnc5c(=O)[nH]c(N)nc54)O[C@@H]3COC(=O)c3ccccc3)O2)c(=O)n1. The molecule has 0 amide bonds. The topological polar surface area (TPSA) is 290 Å². The van der Waals surface area contributed by atoms with Gasteiger partial charge in [-0.1, -0.05) is 36.4 Å². The number of phosphoric acid groups is 1. The highest BCUT2D eigenvalue weighted by molar-refractivity contribution is 7.47. The second-order valence-electron chi connectivity index (χ2n) is 12.1. The monoisotopic (exact) mass is 765 g/mol. The molecule has 1 unspecified atom stereocenters. The lowest BCUT2D eigenvalue weighted by Crippen LogP contribution is -2.32. The van der Waals surface area contributed by atoms with Gasteiger partial charge in [0, 0.05) is 12.8 Å². The molecule has 3 aromatic heterocycles. The van der Waals surface area contributed by atoms with E-state index in [1.807, 2.05) is 0 Å². The zero-order valence-corrected chi connectivity index (χ0v) is 28.8. The van der Waals surface area contributed by atoms with Crippen LogP contribution in [0.1, 0.15) is 46.0 Å². The molecule has 5 heterocycles. The molecule has 0 spiro atoms. The number of anilines is 2. The maximum atomic E-state index is 13.5. The third-order valence-corrected chi connectivity index (χ3v) is 9.52. The maximum Gasteiger partial charge on any atom is 0.472 e. The minimum Gasteiger partial charge on any atom is -0.459 e. The molecule has 282 valence electrons. The summed E-state index contributed by atoms with van der Waals surface area (Å²) in [6, 6.07) is 16.2. The van der Waals surface area contributed by atoms with Gasteiger partial charge in [-0.25, -0.2) is 28.9 Å². The Balaban J connectivity index is 1.08. The van der Waals surface area contributed by atoms with Crippen LogP contribution >= 0.6 is 7.82 Å². The molecular weight excluding hydrogens is 733 g/mol. The van der Waals surface area contributed by atoms with Gasteiger partial charge in [-0.2, -0.15) is 9.97 Å². The van der Waals surface area contributed by atoms with E-state index in [4.69, 9.17) is 39.5 Å². The van der Waals surface area contributed by atoms with Gasteiger partial charge >= 0.3 is 25.5 Å². The van der Waals surface area contributed by atoms with E-state index >= 15 is 0 Å². The number of nitrogen functional groups attached to an aromatic ring is 2. The molecule has 2 aliphatic rings. The van der Waals surface area contributed by atoms with Gasteiger partial charge in [0.1, 0.15) is 49.8 Å². The number of fused-ring (bicyclic) bond motifs is 1. The number of imidazole rings is 1. The second kappa shape index (κ2) is 15.3. The van der Waals surface area contributed by atoms with Gasteiger partial charge in [-0.3, -0.25) is 28.0 Å². The molecule has 6 N–H and O–H groups in total. The molecule has 21 nitrogen and oxygen atoms in total. The molecule has 0 aliphatic carbocycles. The van der Waals surface area contributed by atoms with Gasteiger partial charge in [0.15, 0.2) is 11.2 Å². The molecule has 2 fully saturated rings. The number of H-pyrrole nitrogens is 1. The molecule has 2 aromatic carbocycles. The number of aromatic amines is 1. The average molecular weight is 766 g/mol. The van der Waals surface area contributed by atoms with Crippen molar-refractivity contribution in [3.05, 3.63) is 105 Å². The summed E-state index contributed by atoms with van der Waals surface area (Å²) in [7, 11) is -5.00. The quantitative estimate of drug-likeness (QED) is 0.102. The zero-order chi connectivity index (χ0) is 38.0. The third kappa shape index (κ3) is 8.05. The number of aromatic nitrogens is 7. The van der Waals surface area contributed by atoms with Crippen molar-refractivity contribution >= 4 is 42.8 Å². The van der Waals surface area contributed by atoms with Crippen LogP contribution in [0, 0.1) is 0 Å². The highest BCUT2D eigenvalue weighted by atomic mass is 31.2. The Morgan fingerprint density at radius 3 is 2.15 bits per heavy atom. The van der Waals surface area contributed by atoms with E-state index in [9.17, 15) is 28.6 Å². The number of ether oxygens (including phenoxy) is 4.